The van der Waals surface area contributed by atoms with Gasteiger partial charge in [0.15, 0.2) is 5.82 Å². The molecule has 0 saturated carbocycles. The lowest BCUT2D eigenvalue weighted by atomic mass is 10.3. The average Bonchev–Trinajstić information content (AvgIpc) is 2.85. The fourth-order valence-corrected chi connectivity index (χ4v) is 2.05. The lowest BCUT2D eigenvalue weighted by molar-refractivity contribution is -0.384. The molecule has 1 aliphatic heterocycles. The first-order valence-electron chi connectivity index (χ1n) is 5.67. The number of nitro groups is 1. The van der Waals surface area contributed by atoms with Crippen LogP contribution in [0.5, 0.6) is 0 Å². The van der Waals surface area contributed by atoms with Crippen LogP contribution >= 0.6 is 0 Å². The highest BCUT2D eigenvalue weighted by atomic mass is 16.6. The summed E-state index contributed by atoms with van der Waals surface area (Å²) in [5, 5.41) is 18.6. The molecule has 0 aliphatic carbocycles. The van der Waals surface area contributed by atoms with Crippen LogP contribution in [0.15, 0.2) is 18.5 Å². The highest BCUT2D eigenvalue weighted by Crippen LogP contribution is 2.24. The SMILES string of the molecule is Nc1cc([N+](=O)[O-])cc(N2CCn3cnnc3C2)n1. The number of hydrogen-bond acceptors (Lipinski definition) is 7. The molecule has 2 aromatic heterocycles. The van der Waals surface area contributed by atoms with Crippen molar-refractivity contribution in [3.05, 3.63) is 34.4 Å². The first-order valence-corrected chi connectivity index (χ1v) is 5.67. The zero-order valence-electron chi connectivity index (χ0n) is 9.93. The molecule has 2 N–H and O–H groups in total. The monoisotopic (exact) mass is 261 g/mol. The van der Waals surface area contributed by atoms with Crippen molar-refractivity contribution in [2.45, 2.75) is 13.1 Å². The number of aromatic nitrogens is 4. The molecule has 9 heteroatoms. The Hall–Kier alpha value is -2.71. The van der Waals surface area contributed by atoms with Crippen LogP contribution in [0.4, 0.5) is 17.3 Å². The first kappa shape index (κ1) is 11.4. The molecule has 0 atom stereocenters. The van der Waals surface area contributed by atoms with E-state index in [9.17, 15) is 10.1 Å². The molecule has 3 heterocycles. The van der Waals surface area contributed by atoms with E-state index in [2.05, 4.69) is 15.2 Å². The van der Waals surface area contributed by atoms with Gasteiger partial charge in [0.2, 0.25) is 0 Å². The molecule has 98 valence electrons. The van der Waals surface area contributed by atoms with Gasteiger partial charge in [0.1, 0.15) is 18.0 Å². The van der Waals surface area contributed by atoms with E-state index in [0.717, 1.165) is 5.82 Å². The summed E-state index contributed by atoms with van der Waals surface area (Å²) in [6, 6.07) is 2.67. The quantitative estimate of drug-likeness (QED) is 0.605. The molecule has 0 saturated heterocycles. The Morgan fingerprint density at radius 3 is 3.00 bits per heavy atom. The van der Waals surface area contributed by atoms with Crippen molar-refractivity contribution >= 4 is 17.3 Å². The Morgan fingerprint density at radius 2 is 2.21 bits per heavy atom. The van der Waals surface area contributed by atoms with E-state index >= 15 is 0 Å². The number of anilines is 2. The van der Waals surface area contributed by atoms with Crippen molar-refractivity contribution in [1.29, 1.82) is 0 Å². The van der Waals surface area contributed by atoms with Gasteiger partial charge in [0, 0.05) is 13.1 Å². The predicted octanol–water partition coefficient (Wildman–Crippen LogP) is 0.184. The molecule has 0 spiro atoms. The summed E-state index contributed by atoms with van der Waals surface area (Å²) < 4.78 is 1.94. The summed E-state index contributed by atoms with van der Waals surface area (Å²) in [4.78, 5) is 16.4. The Kier molecular flexibility index (Phi) is 2.51. The topological polar surface area (TPSA) is 116 Å². The number of fused-ring (bicyclic) bond motifs is 1. The Labute approximate surface area is 107 Å². The molecule has 0 unspecified atom stereocenters. The average molecular weight is 261 g/mol. The van der Waals surface area contributed by atoms with E-state index in [4.69, 9.17) is 5.73 Å². The molecule has 0 aromatic carbocycles. The van der Waals surface area contributed by atoms with Crippen LogP contribution in [0.25, 0.3) is 0 Å². The van der Waals surface area contributed by atoms with Crippen molar-refractivity contribution in [2.24, 2.45) is 0 Å². The number of pyridine rings is 1. The molecular formula is C10H11N7O2. The van der Waals surface area contributed by atoms with Crippen LogP contribution < -0.4 is 10.6 Å². The van der Waals surface area contributed by atoms with Gasteiger partial charge < -0.3 is 15.2 Å². The van der Waals surface area contributed by atoms with E-state index < -0.39 is 4.92 Å². The van der Waals surface area contributed by atoms with Crippen LogP contribution in [0.3, 0.4) is 0 Å². The summed E-state index contributed by atoms with van der Waals surface area (Å²) >= 11 is 0. The molecule has 9 nitrogen and oxygen atoms in total. The van der Waals surface area contributed by atoms with Crippen molar-refractivity contribution in [1.82, 2.24) is 19.7 Å². The summed E-state index contributed by atoms with van der Waals surface area (Å²) in [7, 11) is 0. The molecule has 0 bridgehead atoms. The van der Waals surface area contributed by atoms with E-state index in [1.165, 1.54) is 12.1 Å². The zero-order valence-corrected chi connectivity index (χ0v) is 9.93. The number of nitrogens with two attached hydrogens (primary N) is 1. The minimum atomic E-state index is -0.478. The number of nitrogen functional groups attached to an aromatic ring is 1. The smallest absolute Gasteiger partial charge is 0.276 e. The lowest BCUT2D eigenvalue weighted by Crippen LogP contribution is -2.34. The van der Waals surface area contributed by atoms with Gasteiger partial charge in [-0.05, 0) is 0 Å². The van der Waals surface area contributed by atoms with Crippen LogP contribution in [0.2, 0.25) is 0 Å². The van der Waals surface area contributed by atoms with Gasteiger partial charge in [0.25, 0.3) is 5.69 Å². The van der Waals surface area contributed by atoms with Gasteiger partial charge in [0.05, 0.1) is 23.6 Å². The zero-order chi connectivity index (χ0) is 13.4. The van der Waals surface area contributed by atoms with Crippen LogP contribution in [0.1, 0.15) is 5.82 Å². The highest BCUT2D eigenvalue weighted by Gasteiger charge is 2.21. The second-order valence-corrected chi connectivity index (χ2v) is 4.23. The van der Waals surface area contributed by atoms with Gasteiger partial charge in [-0.15, -0.1) is 10.2 Å². The van der Waals surface area contributed by atoms with E-state index in [-0.39, 0.29) is 11.5 Å². The van der Waals surface area contributed by atoms with Gasteiger partial charge in [-0.2, -0.15) is 0 Å². The van der Waals surface area contributed by atoms with Crippen molar-refractivity contribution < 1.29 is 4.92 Å². The molecule has 1 aliphatic rings. The van der Waals surface area contributed by atoms with Crippen LogP contribution in [-0.2, 0) is 13.1 Å². The Balaban J connectivity index is 1.93. The highest BCUT2D eigenvalue weighted by molar-refractivity contribution is 5.54. The number of hydrogen-bond donors (Lipinski definition) is 1. The first-order chi connectivity index (χ1) is 9.13. The van der Waals surface area contributed by atoms with E-state index in [1.54, 1.807) is 6.33 Å². The summed E-state index contributed by atoms with van der Waals surface area (Å²) in [6.07, 6.45) is 1.67. The largest absolute Gasteiger partial charge is 0.383 e. The second-order valence-electron chi connectivity index (χ2n) is 4.23. The third kappa shape index (κ3) is 2.05. The predicted molar refractivity (Wildman–Crippen MR) is 66.4 cm³/mol. The molecule has 0 fully saturated rings. The van der Waals surface area contributed by atoms with Gasteiger partial charge in [-0.1, -0.05) is 0 Å². The van der Waals surface area contributed by atoms with E-state index in [1.807, 2.05) is 9.47 Å². The normalized spacial score (nSPS) is 14.2. The second kappa shape index (κ2) is 4.19. The van der Waals surface area contributed by atoms with Crippen molar-refractivity contribution in [3.8, 4) is 0 Å². The molecule has 0 radical (unpaired) electrons. The molecule has 2 aromatic rings. The van der Waals surface area contributed by atoms with Crippen molar-refractivity contribution in [2.75, 3.05) is 17.2 Å². The minimum absolute atomic E-state index is 0.0606. The van der Waals surface area contributed by atoms with Crippen LogP contribution in [0, 0.1) is 10.1 Å². The van der Waals surface area contributed by atoms with Gasteiger partial charge in [-0.25, -0.2) is 4.98 Å². The van der Waals surface area contributed by atoms with Crippen molar-refractivity contribution in [3.63, 3.8) is 0 Å². The molecule has 3 rings (SSSR count). The van der Waals surface area contributed by atoms with Gasteiger partial charge in [-0.3, -0.25) is 10.1 Å². The fraction of sp³-hybridized carbons (Fsp3) is 0.300. The number of rotatable bonds is 2. The Bertz CT molecular complexity index is 639. The minimum Gasteiger partial charge on any atom is -0.383 e. The maximum absolute atomic E-state index is 10.8. The molecular weight excluding hydrogens is 250 g/mol. The van der Waals surface area contributed by atoms with E-state index in [0.29, 0.717) is 25.5 Å². The third-order valence-electron chi connectivity index (χ3n) is 2.99. The standard InChI is InChI=1S/C10H11N7O2/c11-8-3-7(17(18)19)4-9(13-8)15-1-2-16-6-12-14-10(16)5-15/h3-4,6H,1-2,5H2,(H2,11,13). The Morgan fingerprint density at radius 1 is 1.37 bits per heavy atom. The maximum Gasteiger partial charge on any atom is 0.276 e. The maximum atomic E-state index is 10.8. The van der Waals surface area contributed by atoms with Crippen LogP contribution in [-0.4, -0.2) is 31.2 Å². The lowest BCUT2D eigenvalue weighted by Gasteiger charge is -2.27. The third-order valence-corrected chi connectivity index (χ3v) is 2.99. The molecule has 19 heavy (non-hydrogen) atoms. The number of nitrogens with zero attached hydrogens (tertiary/aromatic N) is 6. The summed E-state index contributed by atoms with van der Waals surface area (Å²) in [5.74, 6) is 1.43. The van der Waals surface area contributed by atoms with Gasteiger partial charge >= 0.3 is 0 Å². The summed E-state index contributed by atoms with van der Waals surface area (Å²) in [5.41, 5.74) is 5.54. The summed E-state index contributed by atoms with van der Waals surface area (Å²) in [6.45, 7) is 1.90. The molecule has 0 amide bonds. The fourth-order valence-electron chi connectivity index (χ4n) is 2.05.